The summed E-state index contributed by atoms with van der Waals surface area (Å²) in [4.78, 5) is 31.7. The second kappa shape index (κ2) is 11.0. The zero-order valence-electron chi connectivity index (χ0n) is 20.0. The number of halogens is 1. The first-order valence-electron chi connectivity index (χ1n) is 11.1. The highest BCUT2D eigenvalue weighted by Gasteiger charge is 2.21. The molecular weight excluding hydrogens is 484 g/mol. The van der Waals surface area contributed by atoms with E-state index in [2.05, 4.69) is 10.3 Å². The zero-order chi connectivity index (χ0) is 25.7. The summed E-state index contributed by atoms with van der Waals surface area (Å²) >= 11 is 6.04. The van der Waals surface area contributed by atoms with Gasteiger partial charge in [-0.3, -0.25) is 19.5 Å². The van der Waals surface area contributed by atoms with Crippen molar-refractivity contribution in [1.82, 2.24) is 14.5 Å². The third-order valence-corrected chi connectivity index (χ3v) is 5.70. The third-order valence-electron chi connectivity index (χ3n) is 5.45. The van der Waals surface area contributed by atoms with Gasteiger partial charge < -0.3 is 18.8 Å². The number of benzene rings is 2. The van der Waals surface area contributed by atoms with Gasteiger partial charge in [-0.15, -0.1) is 0 Å². The number of anilines is 1. The summed E-state index contributed by atoms with van der Waals surface area (Å²) in [6.07, 6.45) is 3.21. The molecule has 1 N–H and O–H groups in total. The lowest BCUT2D eigenvalue weighted by molar-refractivity contribution is -0.116. The molecule has 0 saturated heterocycles. The van der Waals surface area contributed by atoms with Gasteiger partial charge >= 0.3 is 0 Å². The largest absolute Gasteiger partial charge is 0.497 e. The van der Waals surface area contributed by atoms with Gasteiger partial charge in [-0.1, -0.05) is 23.7 Å². The van der Waals surface area contributed by atoms with Gasteiger partial charge in [0, 0.05) is 41.5 Å². The first-order chi connectivity index (χ1) is 17.4. The molecule has 2 aromatic carbocycles. The molecule has 2 aromatic heterocycles. The molecule has 0 aliphatic carbocycles. The maximum atomic E-state index is 13.0. The van der Waals surface area contributed by atoms with Crippen molar-refractivity contribution in [2.45, 2.75) is 6.92 Å². The average Bonchev–Trinajstić information content (AvgIpc) is 3.58. The van der Waals surface area contributed by atoms with Gasteiger partial charge in [0.25, 0.3) is 5.91 Å². The normalized spacial score (nSPS) is 10.7. The van der Waals surface area contributed by atoms with E-state index < -0.39 is 5.91 Å². The number of nitrogens with zero attached hydrogens (tertiary/aromatic N) is 3. The Morgan fingerprint density at radius 1 is 1.08 bits per heavy atom. The molecule has 0 fully saturated rings. The maximum Gasteiger partial charge on any atom is 0.290 e. The summed E-state index contributed by atoms with van der Waals surface area (Å²) in [5.74, 6) is 0.789. The van der Waals surface area contributed by atoms with E-state index in [0.29, 0.717) is 34.4 Å². The van der Waals surface area contributed by atoms with Crippen LogP contribution in [-0.2, 0) is 4.79 Å². The second-order valence-corrected chi connectivity index (χ2v) is 8.18. The van der Waals surface area contributed by atoms with Crippen LogP contribution in [0.5, 0.6) is 11.5 Å². The van der Waals surface area contributed by atoms with Crippen molar-refractivity contribution in [1.29, 1.82) is 0 Å². The first kappa shape index (κ1) is 24.9. The fraction of sp³-hybridized carbons (Fsp3) is 0.192. The number of hydrogen-bond donors (Lipinski definition) is 1. The molecular formula is C26H25ClN4O5. The van der Waals surface area contributed by atoms with Crippen LogP contribution in [-0.4, -0.2) is 53.6 Å². The van der Waals surface area contributed by atoms with E-state index in [-0.39, 0.29) is 24.2 Å². The maximum absolute atomic E-state index is 13.0. The Bertz CT molecular complexity index is 1330. The lowest BCUT2D eigenvalue weighted by Gasteiger charge is -2.19. The van der Waals surface area contributed by atoms with E-state index in [9.17, 15) is 9.59 Å². The number of methoxy groups -OCH3 is 2. The molecule has 4 rings (SSSR count). The number of carbonyl (C=O) groups excluding carboxylic acids is 2. The molecule has 186 valence electrons. The predicted molar refractivity (Wildman–Crippen MR) is 136 cm³/mol. The Morgan fingerprint density at radius 2 is 1.78 bits per heavy atom. The fourth-order valence-corrected chi connectivity index (χ4v) is 3.70. The standard InChI is InChI=1S/C26H25ClN4O5/c1-4-30(25(33)23-6-5-11-36-23)16-24(32)29-26-28-22(17-7-9-18(27)10-8-17)15-31(26)19-12-20(34-2)14-21(13-19)35-3/h5-15H,4,16H2,1-3H3,(H,28,29,32). The molecule has 0 aliphatic rings. The number of furan rings is 1. The van der Waals surface area contributed by atoms with Crippen LogP contribution >= 0.6 is 11.6 Å². The van der Waals surface area contributed by atoms with Crippen LogP contribution in [0.3, 0.4) is 0 Å². The number of rotatable bonds is 9. The zero-order valence-corrected chi connectivity index (χ0v) is 20.8. The van der Waals surface area contributed by atoms with Crippen molar-refractivity contribution in [2.24, 2.45) is 0 Å². The van der Waals surface area contributed by atoms with Gasteiger partial charge in [0.05, 0.1) is 31.9 Å². The Balaban J connectivity index is 1.67. The molecule has 2 heterocycles. The minimum atomic E-state index is -0.416. The number of nitrogens with one attached hydrogen (secondary N) is 1. The topological polar surface area (TPSA) is 98.8 Å². The minimum absolute atomic E-state index is 0.166. The molecule has 0 saturated carbocycles. The Kier molecular flexibility index (Phi) is 7.60. The molecule has 9 nitrogen and oxygen atoms in total. The van der Waals surface area contributed by atoms with E-state index in [4.69, 9.17) is 25.5 Å². The molecule has 0 atom stereocenters. The van der Waals surface area contributed by atoms with Gasteiger partial charge in [0.2, 0.25) is 11.9 Å². The molecule has 0 aliphatic heterocycles. The molecule has 2 amide bonds. The summed E-state index contributed by atoms with van der Waals surface area (Å²) in [5.41, 5.74) is 2.09. The molecule has 36 heavy (non-hydrogen) atoms. The van der Waals surface area contributed by atoms with Crippen LogP contribution in [0.15, 0.2) is 71.5 Å². The van der Waals surface area contributed by atoms with Crippen molar-refractivity contribution < 1.29 is 23.5 Å². The van der Waals surface area contributed by atoms with Crippen LogP contribution in [0.25, 0.3) is 16.9 Å². The van der Waals surface area contributed by atoms with Crippen LogP contribution in [0.1, 0.15) is 17.5 Å². The molecule has 4 aromatic rings. The molecule has 0 radical (unpaired) electrons. The molecule has 0 unspecified atom stereocenters. The smallest absolute Gasteiger partial charge is 0.290 e. The van der Waals surface area contributed by atoms with Crippen molar-refractivity contribution in [2.75, 3.05) is 32.6 Å². The number of amides is 2. The van der Waals surface area contributed by atoms with E-state index in [1.165, 1.54) is 11.2 Å². The van der Waals surface area contributed by atoms with Crippen molar-refractivity contribution in [3.05, 3.63) is 77.8 Å². The fourth-order valence-electron chi connectivity index (χ4n) is 3.58. The van der Waals surface area contributed by atoms with Crippen LogP contribution in [0.4, 0.5) is 5.95 Å². The number of hydrogen-bond acceptors (Lipinski definition) is 6. The van der Waals surface area contributed by atoms with Crippen molar-refractivity contribution in [3.8, 4) is 28.4 Å². The Labute approximate surface area is 213 Å². The monoisotopic (exact) mass is 508 g/mol. The molecule has 10 heteroatoms. The highest BCUT2D eigenvalue weighted by molar-refractivity contribution is 6.30. The number of imidazole rings is 1. The number of likely N-dealkylation sites (N-methyl/N-ethyl adjacent to an activating group) is 1. The van der Waals surface area contributed by atoms with Gasteiger partial charge in [-0.05, 0) is 31.2 Å². The minimum Gasteiger partial charge on any atom is -0.497 e. The summed E-state index contributed by atoms with van der Waals surface area (Å²) in [6, 6.07) is 15.7. The lowest BCUT2D eigenvalue weighted by Crippen LogP contribution is -2.38. The highest BCUT2D eigenvalue weighted by atomic mass is 35.5. The third kappa shape index (κ3) is 5.52. The van der Waals surface area contributed by atoms with E-state index in [0.717, 1.165) is 5.56 Å². The van der Waals surface area contributed by atoms with E-state index in [1.54, 1.807) is 74.4 Å². The summed E-state index contributed by atoms with van der Waals surface area (Å²) < 4.78 is 17.7. The second-order valence-electron chi connectivity index (χ2n) is 7.74. The van der Waals surface area contributed by atoms with Gasteiger partial charge in [0.15, 0.2) is 5.76 Å². The quantitative estimate of drug-likeness (QED) is 0.345. The van der Waals surface area contributed by atoms with Crippen molar-refractivity contribution in [3.63, 3.8) is 0 Å². The van der Waals surface area contributed by atoms with E-state index >= 15 is 0 Å². The number of ether oxygens (including phenoxy) is 2. The summed E-state index contributed by atoms with van der Waals surface area (Å²) in [7, 11) is 3.12. The number of carbonyl (C=O) groups is 2. The van der Waals surface area contributed by atoms with Crippen LogP contribution < -0.4 is 14.8 Å². The Morgan fingerprint density at radius 3 is 2.36 bits per heavy atom. The molecule has 0 bridgehead atoms. The van der Waals surface area contributed by atoms with Gasteiger partial charge in [-0.25, -0.2) is 4.98 Å². The summed E-state index contributed by atoms with van der Waals surface area (Å²) in [5, 5.41) is 3.43. The first-order valence-corrected chi connectivity index (χ1v) is 11.5. The van der Waals surface area contributed by atoms with Crippen LogP contribution in [0, 0.1) is 0 Å². The summed E-state index contributed by atoms with van der Waals surface area (Å²) in [6.45, 7) is 1.93. The highest BCUT2D eigenvalue weighted by Crippen LogP contribution is 2.30. The Hall–Kier alpha value is -4.24. The predicted octanol–water partition coefficient (Wildman–Crippen LogP) is 4.90. The molecule has 0 spiro atoms. The van der Waals surface area contributed by atoms with Gasteiger partial charge in [-0.2, -0.15) is 0 Å². The van der Waals surface area contributed by atoms with Crippen molar-refractivity contribution >= 4 is 29.4 Å². The van der Waals surface area contributed by atoms with Gasteiger partial charge in [0.1, 0.15) is 18.0 Å². The van der Waals surface area contributed by atoms with E-state index in [1.807, 2.05) is 12.1 Å². The lowest BCUT2D eigenvalue weighted by atomic mass is 10.2. The average molecular weight is 509 g/mol. The number of aromatic nitrogens is 2. The SMILES string of the molecule is CCN(CC(=O)Nc1nc(-c2ccc(Cl)cc2)cn1-c1cc(OC)cc(OC)c1)C(=O)c1ccco1. The van der Waals surface area contributed by atoms with Crippen LogP contribution in [0.2, 0.25) is 5.02 Å².